The summed E-state index contributed by atoms with van der Waals surface area (Å²) in [4.78, 5) is 0. The number of nitrogens with one attached hydrogen (secondary N) is 1. The minimum atomic E-state index is 0.0677. The largest absolute Gasteiger partial charge is 0.491 e. The zero-order valence-corrected chi connectivity index (χ0v) is 11.2. The average Bonchev–Trinajstić information content (AvgIpc) is 2.39. The fourth-order valence-corrected chi connectivity index (χ4v) is 1.43. The van der Waals surface area contributed by atoms with Gasteiger partial charge in [-0.15, -0.1) is 0 Å². The molecule has 0 aromatic heterocycles. The zero-order chi connectivity index (χ0) is 13.2. The highest BCUT2D eigenvalue weighted by molar-refractivity contribution is 5.48. The van der Waals surface area contributed by atoms with Gasteiger partial charge in [0.25, 0.3) is 0 Å². The van der Waals surface area contributed by atoms with Crippen LogP contribution in [-0.4, -0.2) is 37.6 Å². The second kappa shape index (κ2) is 8.78. The third kappa shape index (κ3) is 5.89. The van der Waals surface area contributed by atoms with Crippen molar-refractivity contribution < 1.29 is 14.6 Å². The van der Waals surface area contributed by atoms with Crippen molar-refractivity contribution in [3.05, 3.63) is 24.3 Å². The van der Waals surface area contributed by atoms with E-state index in [4.69, 9.17) is 14.6 Å². The lowest BCUT2D eigenvalue weighted by Crippen LogP contribution is -2.12. The molecule has 0 saturated heterocycles. The minimum absolute atomic E-state index is 0.0677. The van der Waals surface area contributed by atoms with E-state index >= 15 is 0 Å². The summed E-state index contributed by atoms with van der Waals surface area (Å²) >= 11 is 0. The first-order chi connectivity index (χ1) is 8.76. The fourth-order valence-electron chi connectivity index (χ4n) is 1.43. The topological polar surface area (TPSA) is 50.7 Å². The number of aliphatic hydroxyl groups is 1. The van der Waals surface area contributed by atoms with Crippen LogP contribution in [0.1, 0.15) is 20.3 Å². The van der Waals surface area contributed by atoms with E-state index in [2.05, 4.69) is 19.2 Å². The zero-order valence-electron chi connectivity index (χ0n) is 11.2. The molecule has 1 aromatic rings. The maximum absolute atomic E-state index is 8.56. The summed E-state index contributed by atoms with van der Waals surface area (Å²) in [5, 5.41) is 11.8. The number of anilines is 1. The third-order valence-corrected chi connectivity index (χ3v) is 2.56. The van der Waals surface area contributed by atoms with Gasteiger partial charge in [0, 0.05) is 18.3 Å². The molecule has 18 heavy (non-hydrogen) atoms. The normalized spacial score (nSPS) is 12.2. The van der Waals surface area contributed by atoms with Crippen LogP contribution in [0.5, 0.6) is 5.75 Å². The molecule has 0 aliphatic carbocycles. The van der Waals surface area contributed by atoms with Gasteiger partial charge >= 0.3 is 0 Å². The van der Waals surface area contributed by atoms with E-state index in [0.29, 0.717) is 19.8 Å². The van der Waals surface area contributed by atoms with E-state index in [-0.39, 0.29) is 12.7 Å². The van der Waals surface area contributed by atoms with Crippen LogP contribution in [0.25, 0.3) is 0 Å². The van der Waals surface area contributed by atoms with Crippen molar-refractivity contribution in [2.45, 2.75) is 26.4 Å². The molecule has 102 valence electrons. The van der Waals surface area contributed by atoms with Gasteiger partial charge in [-0.05, 0) is 25.5 Å². The second-order valence-corrected chi connectivity index (χ2v) is 4.13. The first-order valence-corrected chi connectivity index (χ1v) is 6.45. The highest BCUT2D eigenvalue weighted by atomic mass is 16.5. The Balaban J connectivity index is 2.35. The summed E-state index contributed by atoms with van der Waals surface area (Å²) in [6.45, 7) is 5.91. The Kier molecular flexibility index (Phi) is 7.22. The van der Waals surface area contributed by atoms with E-state index < -0.39 is 0 Å². The Morgan fingerprint density at radius 2 is 2.17 bits per heavy atom. The van der Waals surface area contributed by atoms with E-state index in [1.54, 1.807) is 0 Å². The lowest BCUT2D eigenvalue weighted by atomic mass is 10.2. The number of ether oxygens (including phenoxy) is 2. The predicted molar refractivity (Wildman–Crippen MR) is 73.2 cm³/mol. The first kappa shape index (κ1) is 14.8. The predicted octanol–water partition coefficient (Wildman–Crippen LogP) is 2.28. The van der Waals surface area contributed by atoms with Gasteiger partial charge in [-0.1, -0.05) is 13.0 Å². The molecule has 0 amide bonds. The minimum Gasteiger partial charge on any atom is -0.491 e. The van der Waals surface area contributed by atoms with Crippen LogP contribution in [0.4, 0.5) is 5.69 Å². The van der Waals surface area contributed by atoms with E-state index in [9.17, 15) is 0 Å². The monoisotopic (exact) mass is 253 g/mol. The Hall–Kier alpha value is -1.26. The van der Waals surface area contributed by atoms with Crippen LogP contribution in [0.2, 0.25) is 0 Å². The van der Waals surface area contributed by atoms with E-state index in [0.717, 1.165) is 17.9 Å². The summed E-state index contributed by atoms with van der Waals surface area (Å²) in [5.74, 6) is 0.880. The molecule has 0 radical (unpaired) electrons. The highest BCUT2D eigenvalue weighted by Gasteiger charge is 2.01. The molecule has 1 aromatic carbocycles. The van der Waals surface area contributed by atoms with E-state index in [1.165, 1.54) is 0 Å². The molecular weight excluding hydrogens is 230 g/mol. The van der Waals surface area contributed by atoms with Crippen molar-refractivity contribution in [3.63, 3.8) is 0 Å². The molecule has 1 atom stereocenters. The van der Waals surface area contributed by atoms with Gasteiger partial charge < -0.3 is 19.9 Å². The molecule has 0 saturated carbocycles. The van der Waals surface area contributed by atoms with Crippen molar-refractivity contribution in [2.24, 2.45) is 0 Å². The van der Waals surface area contributed by atoms with Gasteiger partial charge in [-0.25, -0.2) is 0 Å². The lowest BCUT2D eigenvalue weighted by Gasteiger charge is -2.14. The second-order valence-electron chi connectivity index (χ2n) is 4.13. The van der Waals surface area contributed by atoms with Crippen molar-refractivity contribution in [1.82, 2.24) is 0 Å². The number of hydrogen-bond donors (Lipinski definition) is 2. The Morgan fingerprint density at radius 3 is 2.89 bits per heavy atom. The molecule has 0 bridgehead atoms. The third-order valence-electron chi connectivity index (χ3n) is 2.56. The van der Waals surface area contributed by atoms with Crippen LogP contribution in [0, 0.1) is 0 Å². The summed E-state index contributed by atoms with van der Waals surface area (Å²) < 4.78 is 10.9. The molecule has 1 unspecified atom stereocenters. The van der Waals surface area contributed by atoms with Crippen molar-refractivity contribution in [2.75, 3.05) is 31.7 Å². The average molecular weight is 253 g/mol. The molecule has 0 spiro atoms. The highest BCUT2D eigenvalue weighted by Crippen LogP contribution is 2.18. The SMILES string of the molecule is CCC(C)Oc1cccc(NCCOCCO)c1. The summed E-state index contributed by atoms with van der Waals surface area (Å²) in [7, 11) is 0. The van der Waals surface area contributed by atoms with Crippen LogP contribution < -0.4 is 10.1 Å². The van der Waals surface area contributed by atoms with Gasteiger partial charge in [0.1, 0.15) is 5.75 Å². The van der Waals surface area contributed by atoms with Crippen molar-refractivity contribution in [3.8, 4) is 5.75 Å². The number of aliphatic hydroxyl groups excluding tert-OH is 1. The van der Waals surface area contributed by atoms with Crippen LogP contribution in [-0.2, 0) is 4.74 Å². The van der Waals surface area contributed by atoms with Crippen LogP contribution in [0.3, 0.4) is 0 Å². The lowest BCUT2D eigenvalue weighted by molar-refractivity contribution is 0.0992. The van der Waals surface area contributed by atoms with Gasteiger partial charge in [0.15, 0.2) is 0 Å². The molecule has 4 heteroatoms. The van der Waals surface area contributed by atoms with Gasteiger partial charge in [0.2, 0.25) is 0 Å². The molecule has 4 nitrogen and oxygen atoms in total. The first-order valence-electron chi connectivity index (χ1n) is 6.45. The summed E-state index contributed by atoms with van der Waals surface area (Å²) in [6, 6.07) is 7.90. The van der Waals surface area contributed by atoms with Gasteiger partial charge in [0.05, 0.1) is 25.9 Å². The standard InChI is InChI=1S/C14H23NO3/c1-3-12(2)18-14-6-4-5-13(11-14)15-7-9-17-10-8-16/h4-6,11-12,15-16H,3,7-10H2,1-2H3. The summed E-state index contributed by atoms with van der Waals surface area (Å²) in [6.07, 6.45) is 1.22. The van der Waals surface area contributed by atoms with E-state index in [1.807, 2.05) is 24.3 Å². The Morgan fingerprint density at radius 1 is 1.33 bits per heavy atom. The molecule has 0 aliphatic heterocycles. The number of hydrogen-bond acceptors (Lipinski definition) is 4. The maximum atomic E-state index is 8.56. The van der Waals surface area contributed by atoms with Crippen molar-refractivity contribution >= 4 is 5.69 Å². The van der Waals surface area contributed by atoms with Crippen molar-refractivity contribution in [1.29, 1.82) is 0 Å². The van der Waals surface area contributed by atoms with Gasteiger partial charge in [-0.2, -0.15) is 0 Å². The molecule has 2 N–H and O–H groups in total. The number of benzene rings is 1. The smallest absolute Gasteiger partial charge is 0.121 e. The molecular formula is C14H23NO3. The van der Waals surface area contributed by atoms with Crippen LogP contribution in [0.15, 0.2) is 24.3 Å². The molecule has 0 aliphatic rings. The Bertz CT molecular complexity index is 331. The Labute approximate surface area is 109 Å². The fraction of sp³-hybridized carbons (Fsp3) is 0.571. The maximum Gasteiger partial charge on any atom is 0.121 e. The van der Waals surface area contributed by atoms with Crippen LogP contribution >= 0.6 is 0 Å². The summed E-state index contributed by atoms with van der Waals surface area (Å²) in [5.41, 5.74) is 1.02. The molecule has 0 fully saturated rings. The molecule has 1 rings (SSSR count). The quantitative estimate of drug-likeness (QED) is 0.663. The number of rotatable bonds is 9. The van der Waals surface area contributed by atoms with Gasteiger partial charge in [-0.3, -0.25) is 0 Å². The molecule has 0 heterocycles.